The Morgan fingerprint density at radius 1 is 1.14 bits per heavy atom. The van der Waals surface area contributed by atoms with Crippen LogP contribution in [0.4, 0.5) is 0 Å². The fourth-order valence-corrected chi connectivity index (χ4v) is 2.32. The van der Waals surface area contributed by atoms with Crippen molar-refractivity contribution in [3.63, 3.8) is 0 Å². The van der Waals surface area contributed by atoms with Crippen LogP contribution in [0.1, 0.15) is 31.1 Å². The maximum atomic E-state index is 11.7. The Balaban J connectivity index is 2.41. The molecule has 0 aliphatic heterocycles. The van der Waals surface area contributed by atoms with Crippen molar-refractivity contribution >= 4 is 5.97 Å². The number of benzene rings is 2. The Morgan fingerprint density at radius 2 is 1.86 bits per heavy atom. The molecule has 0 bridgehead atoms. The average Bonchev–Trinajstić information content (AvgIpc) is 2.54. The van der Waals surface area contributed by atoms with Crippen molar-refractivity contribution in [3.05, 3.63) is 59.7 Å². The normalized spacial score (nSPS) is 12.0. The fourth-order valence-electron chi connectivity index (χ4n) is 2.32. The zero-order valence-corrected chi connectivity index (χ0v) is 12.4. The smallest absolute Gasteiger partial charge is 0.339 e. The summed E-state index contributed by atoms with van der Waals surface area (Å²) >= 11 is 0. The number of carbonyl (C=O) groups is 1. The monoisotopic (exact) mass is 284 g/mol. The number of aliphatic hydroxyl groups is 1. The van der Waals surface area contributed by atoms with Crippen LogP contribution in [0.25, 0.3) is 11.1 Å². The van der Waals surface area contributed by atoms with E-state index in [1.165, 1.54) is 5.56 Å². The number of hydrogen-bond acceptors (Lipinski definition) is 3. The van der Waals surface area contributed by atoms with Crippen LogP contribution in [0.15, 0.2) is 48.5 Å². The van der Waals surface area contributed by atoms with Crippen LogP contribution in [0.5, 0.6) is 0 Å². The van der Waals surface area contributed by atoms with Crippen molar-refractivity contribution in [3.8, 4) is 11.1 Å². The minimum absolute atomic E-state index is 0.258. The first-order valence-electron chi connectivity index (χ1n) is 7.20. The fraction of sp³-hybridized carbons (Fsp3) is 0.278. The van der Waals surface area contributed by atoms with Crippen LogP contribution in [-0.4, -0.2) is 17.7 Å². The molecule has 2 aromatic carbocycles. The van der Waals surface area contributed by atoms with E-state index in [1.54, 1.807) is 13.0 Å². The van der Waals surface area contributed by atoms with Crippen LogP contribution < -0.4 is 0 Å². The van der Waals surface area contributed by atoms with Gasteiger partial charge in [0.25, 0.3) is 0 Å². The maximum Gasteiger partial charge on any atom is 0.339 e. The number of hydrogen-bond donors (Lipinski definition) is 1. The molecule has 0 aliphatic rings. The second-order valence-corrected chi connectivity index (χ2v) is 4.79. The maximum absolute atomic E-state index is 11.7. The molecule has 0 saturated carbocycles. The van der Waals surface area contributed by atoms with Gasteiger partial charge in [-0.2, -0.15) is 0 Å². The van der Waals surface area contributed by atoms with Gasteiger partial charge < -0.3 is 9.84 Å². The summed E-state index contributed by atoms with van der Waals surface area (Å²) < 4.78 is 4.87. The van der Waals surface area contributed by atoms with Crippen molar-refractivity contribution in [1.82, 2.24) is 0 Å². The molecule has 0 aromatic heterocycles. The van der Waals surface area contributed by atoms with E-state index < -0.39 is 12.1 Å². The molecule has 0 radical (unpaired) electrons. The number of esters is 1. The highest BCUT2D eigenvalue weighted by Crippen LogP contribution is 2.28. The van der Waals surface area contributed by atoms with Crippen molar-refractivity contribution in [2.75, 3.05) is 6.61 Å². The van der Waals surface area contributed by atoms with E-state index in [1.807, 2.05) is 42.5 Å². The lowest BCUT2D eigenvalue weighted by Gasteiger charge is -2.14. The Bertz CT molecular complexity index is 605. The first-order chi connectivity index (χ1) is 10.2. The van der Waals surface area contributed by atoms with E-state index in [2.05, 4.69) is 6.92 Å². The second kappa shape index (κ2) is 7.04. The number of rotatable bonds is 5. The molecule has 110 valence electrons. The lowest BCUT2D eigenvalue weighted by Crippen LogP contribution is -2.15. The summed E-state index contributed by atoms with van der Waals surface area (Å²) in [5.74, 6) is -0.610. The molecule has 1 N–H and O–H groups in total. The highest BCUT2D eigenvalue weighted by atomic mass is 16.5. The van der Waals surface area contributed by atoms with Gasteiger partial charge in [0, 0.05) is 0 Å². The number of carbonyl (C=O) groups excluding carboxylic acids is 1. The molecule has 0 saturated heterocycles. The van der Waals surface area contributed by atoms with Crippen molar-refractivity contribution in [2.24, 2.45) is 0 Å². The minimum Gasteiger partial charge on any atom is -0.464 e. The third-order valence-electron chi connectivity index (χ3n) is 3.43. The van der Waals surface area contributed by atoms with Gasteiger partial charge in [-0.3, -0.25) is 0 Å². The molecule has 2 rings (SSSR count). The van der Waals surface area contributed by atoms with E-state index in [0.717, 1.165) is 17.5 Å². The predicted octanol–water partition coefficient (Wildman–Crippen LogP) is 3.51. The first kappa shape index (κ1) is 15.3. The third-order valence-corrected chi connectivity index (χ3v) is 3.43. The molecule has 0 aliphatic carbocycles. The van der Waals surface area contributed by atoms with Crippen molar-refractivity contribution in [1.29, 1.82) is 0 Å². The number of ether oxygens (including phenoxy) is 1. The Labute approximate surface area is 125 Å². The van der Waals surface area contributed by atoms with E-state index in [4.69, 9.17) is 4.74 Å². The molecule has 3 nitrogen and oxygen atoms in total. The van der Waals surface area contributed by atoms with Crippen LogP contribution in [0.2, 0.25) is 0 Å². The van der Waals surface area contributed by atoms with E-state index in [0.29, 0.717) is 5.56 Å². The van der Waals surface area contributed by atoms with Crippen LogP contribution in [0.3, 0.4) is 0 Å². The Hall–Kier alpha value is -2.13. The highest BCUT2D eigenvalue weighted by Gasteiger charge is 2.19. The minimum atomic E-state index is -1.24. The van der Waals surface area contributed by atoms with Gasteiger partial charge in [0.15, 0.2) is 6.10 Å². The average molecular weight is 284 g/mol. The van der Waals surface area contributed by atoms with Gasteiger partial charge in [-0.25, -0.2) is 4.79 Å². The second-order valence-electron chi connectivity index (χ2n) is 4.79. The van der Waals surface area contributed by atoms with Gasteiger partial charge >= 0.3 is 5.97 Å². The predicted molar refractivity (Wildman–Crippen MR) is 82.8 cm³/mol. The zero-order valence-electron chi connectivity index (χ0n) is 12.4. The van der Waals surface area contributed by atoms with Gasteiger partial charge in [0.1, 0.15) is 0 Å². The van der Waals surface area contributed by atoms with Crippen molar-refractivity contribution in [2.45, 2.75) is 26.4 Å². The third kappa shape index (κ3) is 3.50. The number of aryl methyl sites for hydroxylation is 1. The molecule has 0 spiro atoms. The summed E-state index contributed by atoms with van der Waals surface area (Å²) in [4.78, 5) is 11.7. The number of aliphatic hydroxyl groups excluding tert-OH is 1. The van der Waals surface area contributed by atoms with Gasteiger partial charge in [0.2, 0.25) is 0 Å². The molecule has 2 aromatic rings. The van der Waals surface area contributed by atoms with E-state index in [9.17, 15) is 9.90 Å². The van der Waals surface area contributed by atoms with Gasteiger partial charge in [-0.15, -0.1) is 0 Å². The summed E-state index contributed by atoms with van der Waals surface area (Å²) in [6.45, 7) is 4.07. The molecule has 0 fully saturated rings. The standard InChI is InChI=1S/C18H20O3/c1-3-13-10-11-15(17(19)18(20)21-4-2)12-16(13)14-8-6-5-7-9-14/h5-12,17,19H,3-4H2,1-2H3. The van der Waals surface area contributed by atoms with E-state index in [-0.39, 0.29) is 6.61 Å². The summed E-state index contributed by atoms with van der Waals surface area (Å²) in [6, 6.07) is 15.6. The molecule has 3 heteroatoms. The lowest BCUT2D eigenvalue weighted by atomic mass is 9.94. The molecular weight excluding hydrogens is 264 g/mol. The molecular formula is C18H20O3. The van der Waals surface area contributed by atoms with Crippen LogP contribution >= 0.6 is 0 Å². The summed E-state index contributed by atoms with van der Waals surface area (Å²) in [6.07, 6.45) is -0.349. The topological polar surface area (TPSA) is 46.5 Å². The van der Waals surface area contributed by atoms with Gasteiger partial charge in [-0.1, -0.05) is 49.4 Å². The first-order valence-corrected chi connectivity index (χ1v) is 7.20. The lowest BCUT2D eigenvalue weighted by molar-refractivity contribution is -0.153. The molecule has 0 amide bonds. The van der Waals surface area contributed by atoms with Gasteiger partial charge in [-0.05, 0) is 41.7 Å². The largest absolute Gasteiger partial charge is 0.464 e. The van der Waals surface area contributed by atoms with Crippen molar-refractivity contribution < 1.29 is 14.6 Å². The Kier molecular flexibility index (Phi) is 5.12. The quantitative estimate of drug-likeness (QED) is 0.855. The molecule has 0 heterocycles. The van der Waals surface area contributed by atoms with Crippen LogP contribution in [0, 0.1) is 0 Å². The molecule has 1 unspecified atom stereocenters. The zero-order chi connectivity index (χ0) is 15.2. The summed E-state index contributed by atoms with van der Waals surface area (Å²) in [7, 11) is 0. The Morgan fingerprint density at radius 3 is 2.48 bits per heavy atom. The summed E-state index contributed by atoms with van der Waals surface area (Å²) in [5.41, 5.74) is 3.86. The SMILES string of the molecule is CCOC(=O)C(O)c1ccc(CC)c(-c2ccccc2)c1. The summed E-state index contributed by atoms with van der Waals surface area (Å²) in [5, 5.41) is 10.1. The molecule has 1 atom stereocenters. The highest BCUT2D eigenvalue weighted by molar-refractivity contribution is 5.78. The van der Waals surface area contributed by atoms with Crippen LogP contribution in [-0.2, 0) is 16.0 Å². The molecule has 21 heavy (non-hydrogen) atoms. The van der Waals surface area contributed by atoms with E-state index >= 15 is 0 Å². The van der Waals surface area contributed by atoms with Gasteiger partial charge in [0.05, 0.1) is 6.61 Å².